The number of aromatic nitrogens is 1. The van der Waals surface area contributed by atoms with Crippen LogP contribution in [0, 0.1) is 18.7 Å². The largest absolute Gasteiger partial charge is 0.390 e. The van der Waals surface area contributed by atoms with Crippen molar-refractivity contribution in [3.8, 4) is 10.4 Å². The molecule has 0 saturated carbocycles. The van der Waals surface area contributed by atoms with Crippen LogP contribution in [0.1, 0.15) is 15.5 Å². The van der Waals surface area contributed by atoms with Crippen molar-refractivity contribution in [2.45, 2.75) is 6.92 Å². The number of nitrogens with zero attached hydrogens (tertiary/aromatic N) is 2. The van der Waals surface area contributed by atoms with E-state index in [-0.39, 0.29) is 11.7 Å². The molecule has 1 atom stereocenters. The number of benzene rings is 1. The van der Waals surface area contributed by atoms with Gasteiger partial charge in [-0.1, -0.05) is 18.2 Å². The summed E-state index contributed by atoms with van der Waals surface area (Å²) < 4.78 is 14.1. The van der Waals surface area contributed by atoms with Gasteiger partial charge in [0.25, 0.3) is 5.91 Å². The molecule has 2 aliphatic rings. The second-order valence-corrected chi connectivity index (χ2v) is 7.10. The molecule has 0 radical (unpaired) electrons. The van der Waals surface area contributed by atoms with Crippen molar-refractivity contribution >= 4 is 17.2 Å². The molecular weight excluding hydrogens is 313 g/mol. The van der Waals surface area contributed by atoms with Crippen LogP contribution in [-0.2, 0) is 0 Å². The summed E-state index contributed by atoms with van der Waals surface area (Å²) in [4.78, 5) is 19.7. The molecule has 2 aromatic rings. The van der Waals surface area contributed by atoms with Crippen LogP contribution in [-0.4, -0.2) is 35.4 Å². The van der Waals surface area contributed by atoms with Gasteiger partial charge in [-0.2, -0.15) is 0 Å². The summed E-state index contributed by atoms with van der Waals surface area (Å²) >= 11 is 1.36. The van der Waals surface area contributed by atoms with Crippen LogP contribution in [0.2, 0.25) is 0 Å². The van der Waals surface area contributed by atoms with Crippen LogP contribution in [0.3, 0.4) is 0 Å². The number of amides is 1. The molecule has 1 N–H and O–H groups in total. The van der Waals surface area contributed by atoms with E-state index in [9.17, 15) is 9.18 Å². The van der Waals surface area contributed by atoms with Gasteiger partial charge in [0.2, 0.25) is 0 Å². The van der Waals surface area contributed by atoms with E-state index in [1.807, 2.05) is 18.0 Å². The number of rotatable bonds is 2. The third kappa shape index (κ3) is 2.43. The summed E-state index contributed by atoms with van der Waals surface area (Å²) in [6.07, 6.45) is 2.00. The molecule has 1 fully saturated rings. The number of halogens is 1. The lowest BCUT2D eigenvalue weighted by Crippen LogP contribution is -2.31. The molecule has 3 heterocycles. The number of thiazole rings is 1. The van der Waals surface area contributed by atoms with Gasteiger partial charge in [-0.15, -0.1) is 11.3 Å². The Kier molecular flexibility index (Phi) is 3.41. The predicted octanol–water partition coefficient (Wildman–Crippen LogP) is 2.82. The van der Waals surface area contributed by atoms with Crippen molar-refractivity contribution < 1.29 is 9.18 Å². The Hall–Kier alpha value is -2.21. The average molecular weight is 329 g/mol. The van der Waals surface area contributed by atoms with E-state index in [0.717, 1.165) is 11.6 Å². The minimum atomic E-state index is -0.324. The quantitative estimate of drug-likeness (QED) is 0.921. The molecule has 4 nitrogen and oxygen atoms in total. The van der Waals surface area contributed by atoms with Crippen molar-refractivity contribution in [3.63, 3.8) is 0 Å². The van der Waals surface area contributed by atoms with E-state index < -0.39 is 0 Å². The van der Waals surface area contributed by atoms with E-state index in [4.69, 9.17) is 0 Å². The molecular formula is C17H16FN3OS. The Morgan fingerprint density at radius 2 is 2.26 bits per heavy atom. The maximum atomic E-state index is 14.1. The topological polar surface area (TPSA) is 45.2 Å². The van der Waals surface area contributed by atoms with Crippen molar-refractivity contribution in [2.75, 3.05) is 19.6 Å². The van der Waals surface area contributed by atoms with Crippen LogP contribution >= 0.6 is 11.3 Å². The van der Waals surface area contributed by atoms with Gasteiger partial charge in [-0.25, -0.2) is 9.37 Å². The van der Waals surface area contributed by atoms with Crippen LogP contribution in [0.5, 0.6) is 0 Å². The van der Waals surface area contributed by atoms with Crippen molar-refractivity contribution in [1.82, 2.24) is 15.2 Å². The Labute approximate surface area is 137 Å². The summed E-state index contributed by atoms with van der Waals surface area (Å²) in [7, 11) is 0. The molecule has 1 amide bonds. The van der Waals surface area contributed by atoms with E-state index in [1.165, 1.54) is 23.0 Å². The number of hydrogen-bond donors (Lipinski definition) is 1. The number of carbonyl (C=O) groups is 1. The maximum absolute atomic E-state index is 14.1. The Balaban J connectivity index is 1.70. The smallest absolute Gasteiger partial charge is 0.274 e. The van der Waals surface area contributed by atoms with Gasteiger partial charge < -0.3 is 10.2 Å². The number of fused-ring (bicyclic) bond motifs is 1. The van der Waals surface area contributed by atoms with E-state index >= 15 is 0 Å². The number of nitrogens with one attached hydrogen (secondary N) is 1. The van der Waals surface area contributed by atoms with Gasteiger partial charge in [0, 0.05) is 31.1 Å². The molecule has 0 spiro atoms. The molecule has 0 bridgehead atoms. The zero-order chi connectivity index (χ0) is 16.0. The van der Waals surface area contributed by atoms with E-state index in [2.05, 4.69) is 10.3 Å². The molecule has 1 aromatic carbocycles. The zero-order valence-electron chi connectivity index (χ0n) is 12.7. The number of likely N-dealkylation sites (tertiary alicyclic amines) is 1. The number of aryl methyl sites for hydroxylation is 1. The highest BCUT2D eigenvalue weighted by atomic mass is 32.1. The summed E-state index contributed by atoms with van der Waals surface area (Å²) in [6, 6.07) is 6.54. The van der Waals surface area contributed by atoms with E-state index in [0.29, 0.717) is 35.1 Å². The normalized spacial score (nSPS) is 19.5. The molecule has 6 heteroatoms. The third-order valence-electron chi connectivity index (χ3n) is 4.33. The van der Waals surface area contributed by atoms with Crippen LogP contribution in [0.25, 0.3) is 10.4 Å². The molecule has 1 unspecified atom stereocenters. The molecule has 2 aliphatic heterocycles. The highest BCUT2D eigenvalue weighted by Gasteiger charge is 2.35. The van der Waals surface area contributed by atoms with Gasteiger partial charge in [-0.3, -0.25) is 4.79 Å². The summed E-state index contributed by atoms with van der Waals surface area (Å²) in [6.45, 7) is 4.06. The van der Waals surface area contributed by atoms with Crippen LogP contribution in [0.4, 0.5) is 4.39 Å². The minimum absolute atomic E-state index is 0.108. The lowest BCUT2D eigenvalue weighted by molar-refractivity contribution is 0.0784. The first-order valence-corrected chi connectivity index (χ1v) is 8.39. The summed E-state index contributed by atoms with van der Waals surface area (Å²) in [5.41, 5.74) is 2.07. The molecule has 118 valence electrons. The first kappa shape index (κ1) is 14.4. The monoisotopic (exact) mass is 329 g/mol. The fourth-order valence-electron chi connectivity index (χ4n) is 3.19. The first-order valence-electron chi connectivity index (χ1n) is 7.57. The zero-order valence-corrected chi connectivity index (χ0v) is 13.5. The summed E-state index contributed by atoms with van der Waals surface area (Å²) in [5, 5.41) is 3.98. The van der Waals surface area contributed by atoms with Crippen molar-refractivity contribution in [2.24, 2.45) is 5.92 Å². The fraction of sp³-hybridized carbons (Fsp3) is 0.294. The second kappa shape index (κ2) is 5.45. The van der Waals surface area contributed by atoms with E-state index in [1.54, 1.807) is 18.2 Å². The molecule has 1 saturated heterocycles. The Morgan fingerprint density at radius 1 is 1.43 bits per heavy atom. The van der Waals surface area contributed by atoms with Gasteiger partial charge in [0.05, 0.1) is 9.88 Å². The molecule has 1 aromatic heterocycles. The highest BCUT2D eigenvalue weighted by Crippen LogP contribution is 2.34. The standard InChI is InChI=1S/C17H16FN3OS/c1-10-20-15(16(23-10)13-4-2-3-5-14(13)18)17(22)21-8-11-6-19-7-12(11)9-21/h2-6,12,19H,7-9H2,1H3. The molecule has 4 rings (SSSR count). The van der Waals surface area contributed by atoms with Crippen molar-refractivity contribution in [3.05, 3.63) is 52.6 Å². The average Bonchev–Trinajstić information content (AvgIpc) is 3.20. The molecule has 0 aliphatic carbocycles. The summed E-state index contributed by atoms with van der Waals surface area (Å²) in [5.74, 6) is -0.0334. The van der Waals surface area contributed by atoms with Crippen LogP contribution < -0.4 is 5.32 Å². The lowest BCUT2D eigenvalue weighted by atomic mass is 10.1. The first-order chi connectivity index (χ1) is 11.1. The SMILES string of the molecule is Cc1nc(C(=O)N2CC3=CNCC3C2)c(-c2ccccc2F)s1. The lowest BCUT2D eigenvalue weighted by Gasteiger charge is -2.16. The van der Waals surface area contributed by atoms with Gasteiger partial charge in [-0.05, 0) is 24.8 Å². The Morgan fingerprint density at radius 3 is 3.04 bits per heavy atom. The number of hydrogen-bond acceptors (Lipinski definition) is 4. The Bertz CT molecular complexity index is 814. The fourth-order valence-corrected chi connectivity index (χ4v) is 4.13. The maximum Gasteiger partial charge on any atom is 0.274 e. The number of carbonyl (C=O) groups excluding carboxylic acids is 1. The highest BCUT2D eigenvalue weighted by molar-refractivity contribution is 7.15. The van der Waals surface area contributed by atoms with Gasteiger partial charge in [0.1, 0.15) is 11.5 Å². The van der Waals surface area contributed by atoms with Gasteiger partial charge in [0.15, 0.2) is 0 Å². The van der Waals surface area contributed by atoms with Gasteiger partial charge >= 0.3 is 0 Å². The minimum Gasteiger partial charge on any atom is -0.390 e. The second-order valence-electron chi connectivity index (χ2n) is 5.90. The van der Waals surface area contributed by atoms with Crippen LogP contribution in [0.15, 0.2) is 36.0 Å². The van der Waals surface area contributed by atoms with Crippen molar-refractivity contribution in [1.29, 1.82) is 0 Å². The molecule has 23 heavy (non-hydrogen) atoms. The predicted molar refractivity (Wildman–Crippen MR) is 87.7 cm³/mol. The third-order valence-corrected chi connectivity index (χ3v) is 5.34.